The van der Waals surface area contributed by atoms with Crippen molar-refractivity contribution in [2.24, 2.45) is 22.8 Å². The number of aliphatic hydroxyl groups is 1. The maximum Gasteiger partial charge on any atom is 0.267 e. The number of aliphatic hydroxyl groups excluding tert-OH is 1. The van der Waals surface area contributed by atoms with Crippen molar-refractivity contribution >= 4 is 23.2 Å². The lowest BCUT2D eigenvalue weighted by Crippen LogP contribution is -2.55. The summed E-state index contributed by atoms with van der Waals surface area (Å²) < 4.78 is 0. The van der Waals surface area contributed by atoms with Gasteiger partial charge in [0.2, 0.25) is 5.91 Å². The Morgan fingerprint density at radius 1 is 1.26 bits per heavy atom. The number of para-hydroxylation sites is 1. The minimum atomic E-state index is -0.831. The molecule has 1 heterocycles. The van der Waals surface area contributed by atoms with E-state index in [1.165, 1.54) is 19.3 Å². The van der Waals surface area contributed by atoms with Crippen molar-refractivity contribution < 1.29 is 14.7 Å². The second-order valence-electron chi connectivity index (χ2n) is 10.2. The Balaban J connectivity index is 1.72. The number of likely N-dealkylation sites (tertiary alicyclic amines) is 1. The molecule has 5 atom stereocenters. The molecule has 0 aromatic heterocycles. The van der Waals surface area contributed by atoms with Gasteiger partial charge in [-0.3, -0.25) is 15.0 Å². The molecule has 2 fully saturated rings. The summed E-state index contributed by atoms with van der Waals surface area (Å²) >= 11 is 0. The average molecular weight is 487 g/mol. The predicted octanol–water partition coefficient (Wildman–Crippen LogP) is 1.78. The fraction of sp³-hybridized carbons (Fsp3) is 0.654. The van der Waals surface area contributed by atoms with Crippen molar-refractivity contribution in [1.82, 2.24) is 10.2 Å². The molecule has 1 saturated carbocycles. The lowest BCUT2D eigenvalue weighted by Gasteiger charge is -2.35. The van der Waals surface area contributed by atoms with Crippen LogP contribution in [0.15, 0.2) is 24.3 Å². The third kappa shape index (κ3) is 6.02. The quantitative estimate of drug-likeness (QED) is 0.262. The molecule has 3 rings (SSSR count). The number of carbonyl (C=O) groups is 2. The van der Waals surface area contributed by atoms with Crippen molar-refractivity contribution in [1.29, 1.82) is 5.41 Å². The molecule has 194 valence electrons. The van der Waals surface area contributed by atoms with Crippen LogP contribution in [0.1, 0.15) is 64.4 Å². The van der Waals surface area contributed by atoms with Gasteiger partial charge in [-0.1, -0.05) is 51.3 Å². The molecule has 5 unspecified atom stereocenters. The van der Waals surface area contributed by atoms with Crippen molar-refractivity contribution in [3.8, 4) is 0 Å². The molecule has 9 heteroatoms. The number of anilines is 1. The number of carbonyl (C=O) groups excluding carboxylic acids is 2. The molecule has 1 aromatic carbocycles. The first-order chi connectivity index (χ1) is 16.8. The number of nitrogens with zero attached hydrogens (tertiary/aromatic N) is 1. The highest BCUT2D eigenvalue weighted by Gasteiger charge is 2.50. The van der Waals surface area contributed by atoms with E-state index in [2.05, 4.69) is 17.6 Å². The molecule has 1 saturated heterocycles. The summed E-state index contributed by atoms with van der Waals surface area (Å²) in [5, 5.41) is 25.0. The second-order valence-corrected chi connectivity index (χ2v) is 10.2. The van der Waals surface area contributed by atoms with E-state index in [-0.39, 0.29) is 30.8 Å². The van der Waals surface area contributed by atoms with Gasteiger partial charge in [-0.05, 0) is 37.7 Å². The summed E-state index contributed by atoms with van der Waals surface area (Å²) in [4.78, 5) is 26.7. The van der Waals surface area contributed by atoms with Gasteiger partial charge in [0.25, 0.3) is 5.91 Å². The highest BCUT2D eigenvalue weighted by atomic mass is 16.3. The van der Waals surface area contributed by atoms with Crippen LogP contribution in [0.5, 0.6) is 0 Å². The molecule has 1 aromatic rings. The first-order valence-electron chi connectivity index (χ1n) is 12.9. The normalized spacial score (nSPS) is 28.6. The van der Waals surface area contributed by atoms with E-state index in [1.54, 1.807) is 29.2 Å². The first-order valence-corrected chi connectivity index (χ1v) is 12.9. The van der Waals surface area contributed by atoms with Crippen LogP contribution in [-0.2, 0) is 9.59 Å². The first kappa shape index (κ1) is 27.1. The molecule has 2 amide bonds. The van der Waals surface area contributed by atoms with Gasteiger partial charge < -0.3 is 32.1 Å². The van der Waals surface area contributed by atoms with Crippen LogP contribution in [-0.4, -0.2) is 65.5 Å². The van der Waals surface area contributed by atoms with Crippen LogP contribution in [0.2, 0.25) is 0 Å². The lowest BCUT2D eigenvalue weighted by molar-refractivity contribution is -0.133. The van der Waals surface area contributed by atoms with Gasteiger partial charge in [-0.15, -0.1) is 0 Å². The van der Waals surface area contributed by atoms with Crippen molar-refractivity contribution in [3.05, 3.63) is 29.8 Å². The molecule has 8 N–H and O–H groups in total. The van der Waals surface area contributed by atoms with E-state index >= 15 is 0 Å². The number of benzene rings is 1. The molecule has 1 aliphatic carbocycles. The van der Waals surface area contributed by atoms with Gasteiger partial charge in [0, 0.05) is 35.3 Å². The summed E-state index contributed by atoms with van der Waals surface area (Å²) in [6, 6.07) is 7.13. The Hall–Kier alpha value is -2.49. The number of amides is 2. The molecule has 0 radical (unpaired) electrons. The Kier molecular flexibility index (Phi) is 9.27. The Labute approximate surface area is 208 Å². The minimum absolute atomic E-state index is 0.0418. The Morgan fingerprint density at radius 2 is 2.00 bits per heavy atom. The van der Waals surface area contributed by atoms with Gasteiger partial charge >= 0.3 is 0 Å². The van der Waals surface area contributed by atoms with E-state index in [4.69, 9.17) is 16.9 Å². The maximum atomic E-state index is 13.5. The second kappa shape index (κ2) is 12.0. The molecular weight excluding hydrogens is 444 g/mol. The summed E-state index contributed by atoms with van der Waals surface area (Å²) in [6.45, 7) is 4.78. The number of hydrogen-bond donors (Lipinski definition) is 6. The molecule has 2 aliphatic rings. The molecule has 0 spiro atoms. The number of hydrogen-bond acceptors (Lipinski definition) is 7. The average Bonchev–Trinajstić information content (AvgIpc) is 3.17. The van der Waals surface area contributed by atoms with E-state index in [1.807, 2.05) is 6.92 Å². The van der Waals surface area contributed by atoms with Crippen molar-refractivity contribution in [2.45, 2.75) is 77.0 Å². The molecule has 0 bridgehead atoms. The van der Waals surface area contributed by atoms with Crippen LogP contribution in [0.3, 0.4) is 0 Å². The van der Waals surface area contributed by atoms with Crippen LogP contribution in [0.4, 0.5) is 5.69 Å². The Morgan fingerprint density at radius 3 is 2.66 bits per heavy atom. The predicted molar refractivity (Wildman–Crippen MR) is 138 cm³/mol. The van der Waals surface area contributed by atoms with E-state index in [0.29, 0.717) is 36.7 Å². The van der Waals surface area contributed by atoms with Crippen LogP contribution < -0.4 is 22.1 Å². The number of nitrogens with one attached hydrogen (secondary N) is 3. The molecular formula is C26H42N6O3. The fourth-order valence-corrected chi connectivity index (χ4v) is 5.76. The number of primary amides is 1. The van der Waals surface area contributed by atoms with Crippen LogP contribution in [0.25, 0.3) is 0 Å². The van der Waals surface area contributed by atoms with Crippen molar-refractivity contribution in [2.75, 3.05) is 25.0 Å². The van der Waals surface area contributed by atoms with Crippen LogP contribution >= 0.6 is 0 Å². The van der Waals surface area contributed by atoms with Gasteiger partial charge in [-0.25, -0.2) is 0 Å². The topological polar surface area (TPSA) is 158 Å². The number of nitrogens with two attached hydrogens (primary N) is 2. The molecule has 9 nitrogen and oxygen atoms in total. The van der Waals surface area contributed by atoms with Gasteiger partial charge in [-0.2, -0.15) is 0 Å². The summed E-state index contributed by atoms with van der Waals surface area (Å²) in [6.07, 6.45) is 6.75. The van der Waals surface area contributed by atoms with E-state index in [0.717, 1.165) is 18.8 Å². The monoisotopic (exact) mass is 486 g/mol. The van der Waals surface area contributed by atoms with Gasteiger partial charge in [0.05, 0.1) is 19.3 Å². The zero-order valence-electron chi connectivity index (χ0n) is 21.1. The highest BCUT2D eigenvalue weighted by Crippen LogP contribution is 2.41. The third-order valence-electron chi connectivity index (χ3n) is 8.14. The third-order valence-corrected chi connectivity index (χ3v) is 8.14. The summed E-state index contributed by atoms with van der Waals surface area (Å²) in [5.74, 6) is -0.258. The smallest absolute Gasteiger partial charge is 0.267 e. The largest absolute Gasteiger partial charge is 0.396 e. The number of rotatable bonds is 11. The van der Waals surface area contributed by atoms with Crippen molar-refractivity contribution in [3.63, 3.8) is 0 Å². The highest BCUT2D eigenvalue weighted by molar-refractivity contribution is 6.44. The summed E-state index contributed by atoms with van der Waals surface area (Å²) in [5.41, 5.74) is 11.9. The SMILES string of the molecule is CCC1CCCC(NCC2CC(CC)(CO)C(N)N2C(=O)CNc2ccccc2C(=N)C(N)=O)C1. The van der Waals surface area contributed by atoms with Gasteiger partial charge in [0.15, 0.2) is 0 Å². The fourth-order valence-electron chi connectivity index (χ4n) is 5.76. The standard InChI is InChI=1S/C26H42N6O3/c1-3-17-8-7-9-18(12-17)30-14-19-13-26(4-2,16-33)25(29)32(19)22(34)15-31-21-11-6-5-10-20(21)23(27)24(28)35/h5-6,10-11,17-19,25,27,30-31,33H,3-4,7-9,12-16,29H2,1-2H3,(H2,28,35). The lowest BCUT2D eigenvalue weighted by atomic mass is 9.81. The van der Waals surface area contributed by atoms with E-state index in [9.17, 15) is 14.7 Å². The van der Waals surface area contributed by atoms with Crippen LogP contribution in [0, 0.1) is 16.7 Å². The molecule has 35 heavy (non-hydrogen) atoms. The minimum Gasteiger partial charge on any atom is -0.396 e. The molecule has 1 aliphatic heterocycles. The summed E-state index contributed by atoms with van der Waals surface area (Å²) in [7, 11) is 0. The van der Waals surface area contributed by atoms with E-state index < -0.39 is 17.5 Å². The maximum absolute atomic E-state index is 13.5. The zero-order chi connectivity index (χ0) is 25.6. The Bertz CT molecular complexity index is 903. The van der Waals surface area contributed by atoms with Gasteiger partial charge in [0.1, 0.15) is 5.71 Å². The zero-order valence-corrected chi connectivity index (χ0v) is 21.1.